The van der Waals surface area contributed by atoms with Crippen LogP contribution in [0.25, 0.3) is 0 Å². The maximum absolute atomic E-state index is 10.0. The van der Waals surface area contributed by atoms with Gasteiger partial charge in [-0.2, -0.15) is 0 Å². The predicted octanol–water partition coefficient (Wildman–Crippen LogP) is 3.45. The Kier molecular flexibility index (Phi) is 5.83. The largest absolute Gasteiger partial charge is 0.389 e. The molecule has 1 aromatic carbocycles. The Morgan fingerprint density at radius 2 is 1.78 bits per heavy atom. The molecule has 0 bridgehead atoms. The number of hydrogen-bond acceptors (Lipinski definition) is 2. The Balaban J connectivity index is 2.65. The van der Waals surface area contributed by atoms with E-state index in [-0.39, 0.29) is 0 Å². The van der Waals surface area contributed by atoms with Gasteiger partial charge in [-0.1, -0.05) is 45.0 Å². The summed E-state index contributed by atoms with van der Waals surface area (Å²) in [4.78, 5) is 0. The van der Waals surface area contributed by atoms with Crippen molar-refractivity contribution >= 4 is 0 Å². The highest BCUT2D eigenvalue weighted by molar-refractivity contribution is 5.25. The van der Waals surface area contributed by atoms with E-state index in [1.165, 1.54) is 11.1 Å². The van der Waals surface area contributed by atoms with Gasteiger partial charge in [-0.3, -0.25) is 0 Å². The van der Waals surface area contributed by atoms with E-state index in [0.29, 0.717) is 12.6 Å². The van der Waals surface area contributed by atoms with Gasteiger partial charge >= 0.3 is 0 Å². The van der Waals surface area contributed by atoms with Crippen molar-refractivity contribution in [3.05, 3.63) is 35.4 Å². The standard InChI is InChI=1S/C16H27NO/c1-5-13-8-10-14(11-9-13)15(6-2)17-12-16(4,18)7-3/h8-11,15,17-18H,5-7,12H2,1-4H3. The molecule has 102 valence electrons. The summed E-state index contributed by atoms with van der Waals surface area (Å²) >= 11 is 0. The van der Waals surface area contributed by atoms with Crippen LogP contribution in [0.2, 0.25) is 0 Å². The Labute approximate surface area is 111 Å². The molecule has 0 amide bonds. The monoisotopic (exact) mass is 249 g/mol. The molecule has 2 unspecified atom stereocenters. The average Bonchev–Trinajstić information content (AvgIpc) is 2.40. The normalized spacial score (nSPS) is 16.3. The molecule has 0 saturated heterocycles. The highest BCUT2D eigenvalue weighted by atomic mass is 16.3. The highest BCUT2D eigenvalue weighted by Gasteiger charge is 2.19. The quantitative estimate of drug-likeness (QED) is 0.775. The van der Waals surface area contributed by atoms with Crippen LogP contribution in [0.3, 0.4) is 0 Å². The van der Waals surface area contributed by atoms with Gasteiger partial charge in [-0.25, -0.2) is 0 Å². The summed E-state index contributed by atoms with van der Waals surface area (Å²) in [6.07, 6.45) is 2.88. The zero-order chi connectivity index (χ0) is 13.6. The van der Waals surface area contributed by atoms with Crippen LogP contribution in [0.1, 0.15) is 57.7 Å². The van der Waals surface area contributed by atoms with Gasteiger partial charge < -0.3 is 10.4 Å². The van der Waals surface area contributed by atoms with E-state index in [9.17, 15) is 5.11 Å². The van der Waals surface area contributed by atoms with Gasteiger partial charge in [0.1, 0.15) is 0 Å². The summed E-state index contributed by atoms with van der Waals surface area (Å²) in [5.41, 5.74) is 2.06. The number of rotatable bonds is 7. The van der Waals surface area contributed by atoms with Crippen LogP contribution in [-0.2, 0) is 6.42 Å². The molecule has 0 heterocycles. The van der Waals surface area contributed by atoms with Crippen LogP contribution in [0.5, 0.6) is 0 Å². The first-order chi connectivity index (χ1) is 8.52. The molecule has 0 radical (unpaired) electrons. The lowest BCUT2D eigenvalue weighted by molar-refractivity contribution is 0.0526. The van der Waals surface area contributed by atoms with Crippen molar-refractivity contribution in [2.24, 2.45) is 0 Å². The summed E-state index contributed by atoms with van der Waals surface area (Å²) in [5.74, 6) is 0. The molecular weight excluding hydrogens is 222 g/mol. The van der Waals surface area contributed by atoms with Crippen LogP contribution < -0.4 is 5.32 Å². The van der Waals surface area contributed by atoms with Gasteiger partial charge in [0.2, 0.25) is 0 Å². The fourth-order valence-electron chi connectivity index (χ4n) is 1.95. The Morgan fingerprint density at radius 1 is 1.17 bits per heavy atom. The zero-order valence-corrected chi connectivity index (χ0v) is 12.2. The average molecular weight is 249 g/mol. The summed E-state index contributed by atoms with van der Waals surface area (Å²) in [7, 11) is 0. The van der Waals surface area contributed by atoms with Crippen LogP contribution in [0.4, 0.5) is 0 Å². The first-order valence-corrected chi connectivity index (χ1v) is 7.07. The van der Waals surface area contributed by atoms with Crippen molar-refractivity contribution in [1.82, 2.24) is 5.32 Å². The van der Waals surface area contributed by atoms with E-state index in [0.717, 1.165) is 19.3 Å². The molecule has 1 rings (SSSR count). The third-order valence-electron chi connectivity index (χ3n) is 3.69. The number of aliphatic hydroxyl groups is 1. The van der Waals surface area contributed by atoms with Crippen LogP contribution in [-0.4, -0.2) is 17.3 Å². The first-order valence-electron chi connectivity index (χ1n) is 7.07. The van der Waals surface area contributed by atoms with Gasteiger partial charge in [-0.15, -0.1) is 0 Å². The van der Waals surface area contributed by atoms with Gasteiger partial charge in [0, 0.05) is 12.6 Å². The van der Waals surface area contributed by atoms with Crippen molar-refractivity contribution in [2.75, 3.05) is 6.54 Å². The Bertz CT molecular complexity index is 343. The van der Waals surface area contributed by atoms with E-state index >= 15 is 0 Å². The number of aryl methyl sites for hydroxylation is 1. The second kappa shape index (κ2) is 6.91. The van der Waals surface area contributed by atoms with E-state index in [4.69, 9.17) is 0 Å². The van der Waals surface area contributed by atoms with Crippen LogP contribution >= 0.6 is 0 Å². The van der Waals surface area contributed by atoms with Crippen molar-refractivity contribution in [3.8, 4) is 0 Å². The topological polar surface area (TPSA) is 32.3 Å². The third-order valence-corrected chi connectivity index (χ3v) is 3.69. The van der Waals surface area contributed by atoms with E-state index in [1.54, 1.807) is 0 Å². The van der Waals surface area contributed by atoms with Gasteiger partial charge in [-0.05, 0) is 37.3 Å². The molecule has 18 heavy (non-hydrogen) atoms. The molecule has 2 nitrogen and oxygen atoms in total. The molecule has 0 saturated carbocycles. The zero-order valence-electron chi connectivity index (χ0n) is 12.2. The molecule has 2 atom stereocenters. The fraction of sp³-hybridized carbons (Fsp3) is 0.625. The number of hydrogen-bond donors (Lipinski definition) is 2. The SMILES string of the molecule is CCc1ccc(C(CC)NCC(C)(O)CC)cc1. The fourth-order valence-corrected chi connectivity index (χ4v) is 1.95. The summed E-state index contributed by atoms with van der Waals surface area (Å²) in [5, 5.41) is 13.5. The van der Waals surface area contributed by atoms with Crippen molar-refractivity contribution in [1.29, 1.82) is 0 Å². The molecule has 0 aliphatic rings. The molecule has 0 aliphatic heterocycles. The van der Waals surface area contributed by atoms with Crippen molar-refractivity contribution < 1.29 is 5.11 Å². The van der Waals surface area contributed by atoms with E-state index in [1.807, 2.05) is 13.8 Å². The molecule has 2 heteroatoms. The minimum absolute atomic E-state index is 0.328. The van der Waals surface area contributed by atoms with Gasteiger partial charge in [0.25, 0.3) is 0 Å². The third kappa shape index (κ3) is 4.43. The molecule has 0 aliphatic carbocycles. The smallest absolute Gasteiger partial charge is 0.0741 e. The summed E-state index contributed by atoms with van der Waals surface area (Å²) in [6, 6.07) is 9.10. The number of nitrogens with one attached hydrogen (secondary N) is 1. The van der Waals surface area contributed by atoms with Crippen LogP contribution in [0.15, 0.2) is 24.3 Å². The molecule has 0 aromatic heterocycles. The summed E-state index contributed by atoms with van der Waals surface area (Å²) < 4.78 is 0. The highest BCUT2D eigenvalue weighted by Crippen LogP contribution is 2.19. The maximum atomic E-state index is 10.0. The van der Waals surface area contributed by atoms with E-state index < -0.39 is 5.60 Å². The molecule has 0 fully saturated rings. The van der Waals surface area contributed by atoms with E-state index in [2.05, 4.69) is 43.4 Å². The molecule has 1 aromatic rings. The van der Waals surface area contributed by atoms with Crippen molar-refractivity contribution in [3.63, 3.8) is 0 Å². The molecular formula is C16H27NO. The van der Waals surface area contributed by atoms with Crippen LogP contribution in [0, 0.1) is 0 Å². The minimum Gasteiger partial charge on any atom is -0.389 e. The predicted molar refractivity (Wildman–Crippen MR) is 77.8 cm³/mol. The lowest BCUT2D eigenvalue weighted by atomic mass is 9.99. The van der Waals surface area contributed by atoms with Crippen molar-refractivity contribution in [2.45, 2.75) is 58.6 Å². The maximum Gasteiger partial charge on any atom is 0.0741 e. The second-order valence-corrected chi connectivity index (χ2v) is 5.29. The summed E-state index contributed by atoms with van der Waals surface area (Å²) in [6.45, 7) is 8.87. The number of benzene rings is 1. The lowest BCUT2D eigenvalue weighted by Crippen LogP contribution is -2.38. The molecule has 2 N–H and O–H groups in total. The van der Waals surface area contributed by atoms with Gasteiger partial charge in [0.15, 0.2) is 0 Å². The lowest BCUT2D eigenvalue weighted by Gasteiger charge is -2.26. The molecule has 0 spiro atoms. The second-order valence-electron chi connectivity index (χ2n) is 5.29. The first kappa shape index (κ1) is 15.2. The minimum atomic E-state index is -0.614. The Morgan fingerprint density at radius 3 is 2.22 bits per heavy atom. The van der Waals surface area contributed by atoms with Gasteiger partial charge in [0.05, 0.1) is 5.60 Å². The Hall–Kier alpha value is -0.860.